The molecule has 0 bridgehead atoms. The number of hydrogen-bond acceptors (Lipinski definition) is 6. The first kappa shape index (κ1) is 19.7. The second-order valence-electron chi connectivity index (χ2n) is 6.79. The molecule has 1 N–H and O–H groups in total. The van der Waals surface area contributed by atoms with Gasteiger partial charge < -0.3 is 10.0 Å². The number of aliphatic hydroxyl groups excluding tert-OH is 1. The van der Waals surface area contributed by atoms with Gasteiger partial charge in [0.2, 0.25) is 0 Å². The van der Waals surface area contributed by atoms with Crippen molar-refractivity contribution < 1.29 is 23.5 Å². The van der Waals surface area contributed by atoms with Gasteiger partial charge >= 0.3 is 0 Å². The van der Waals surface area contributed by atoms with Crippen molar-refractivity contribution in [2.45, 2.75) is 0 Å². The van der Waals surface area contributed by atoms with Crippen molar-refractivity contribution in [2.75, 3.05) is 44.2 Å². The molecule has 1 saturated heterocycles. The number of imide groups is 1. The lowest BCUT2D eigenvalue weighted by Crippen LogP contribution is -2.48. The molecular weight excluding hydrogens is 400 g/mol. The summed E-state index contributed by atoms with van der Waals surface area (Å²) in [6.07, 6.45) is 0. The quantitative estimate of drug-likeness (QED) is 0.751. The molecule has 4 rings (SSSR count). The molecule has 2 aromatic rings. The Morgan fingerprint density at radius 3 is 2.45 bits per heavy atom. The third kappa shape index (κ3) is 3.57. The van der Waals surface area contributed by atoms with Gasteiger partial charge in [-0.05, 0) is 23.6 Å². The minimum Gasteiger partial charge on any atom is -0.395 e. The van der Waals surface area contributed by atoms with Gasteiger partial charge in [-0.1, -0.05) is 6.07 Å². The monoisotopic (exact) mass is 419 g/mol. The van der Waals surface area contributed by atoms with Crippen molar-refractivity contribution in [1.82, 2.24) is 9.80 Å². The van der Waals surface area contributed by atoms with E-state index in [1.54, 1.807) is 17.5 Å². The van der Waals surface area contributed by atoms with E-state index in [1.807, 2.05) is 4.90 Å². The van der Waals surface area contributed by atoms with Gasteiger partial charge in [0.25, 0.3) is 11.8 Å². The first-order valence-corrected chi connectivity index (χ1v) is 10.1. The standard InChI is InChI=1S/C20H19F2N3O3S/c21-13-3-4-14(22)15(12-13)25-19(27)17(16-2-1-11-29-16)18(20(25)28)24-7-5-23(6-8-24)9-10-26/h1-4,11-12,26H,5-10H2. The maximum Gasteiger partial charge on any atom is 0.282 e. The van der Waals surface area contributed by atoms with Crippen molar-refractivity contribution in [3.05, 3.63) is 57.9 Å². The van der Waals surface area contributed by atoms with Crippen molar-refractivity contribution >= 4 is 34.4 Å². The Balaban J connectivity index is 1.73. The summed E-state index contributed by atoms with van der Waals surface area (Å²) < 4.78 is 28.1. The normalized spacial score (nSPS) is 18.3. The van der Waals surface area contributed by atoms with Gasteiger partial charge in [-0.15, -0.1) is 11.3 Å². The topological polar surface area (TPSA) is 64.1 Å². The summed E-state index contributed by atoms with van der Waals surface area (Å²) in [5, 5.41) is 10.9. The lowest BCUT2D eigenvalue weighted by Gasteiger charge is -2.36. The van der Waals surface area contributed by atoms with Crippen LogP contribution < -0.4 is 4.90 Å². The van der Waals surface area contributed by atoms with Crippen LogP contribution in [-0.4, -0.2) is 66.1 Å². The summed E-state index contributed by atoms with van der Waals surface area (Å²) in [4.78, 5) is 31.7. The Bertz CT molecular complexity index is 969. The second kappa shape index (κ2) is 8.02. The fourth-order valence-electron chi connectivity index (χ4n) is 3.67. The third-order valence-electron chi connectivity index (χ3n) is 5.08. The molecule has 0 spiro atoms. The van der Waals surface area contributed by atoms with E-state index in [9.17, 15) is 18.4 Å². The van der Waals surface area contributed by atoms with E-state index >= 15 is 0 Å². The summed E-state index contributed by atoms with van der Waals surface area (Å²) in [6, 6.07) is 6.21. The van der Waals surface area contributed by atoms with Crippen LogP contribution in [0.1, 0.15) is 4.88 Å². The zero-order chi connectivity index (χ0) is 20.5. The highest BCUT2D eigenvalue weighted by Gasteiger charge is 2.44. The minimum absolute atomic E-state index is 0.0488. The zero-order valence-corrected chi connectivity index (χ0v) is 16.3. The fourth-order valence-corrected chi connectivity index (χ4v) is 4.43. The number of amides is 2. The van der Waals surface area contributed by atoms with Crippen molar-refractivity contribution in [3.63, 3.8) is 0 Å². The molecule has 1 aromatic heterocycles. The van der Waals surface area contributed by atoms with E-state index in [-0.39, 0.29) is 23.6 Å². The highest BCUT2D eigenvalue weighted by atomic mass is 32.1. The molecule has 1 fully saturated rings. The summed E-state index contributed by atoms with van der Waals surface area (Å²) >= 11 is 1.31. The van der Waals surface area contributed by atoms with Gasteiger partial charge in [-0.25, -0.2) is 13.7 Å². The summed E-state index contributed by atoms with van der Waals surface area (Å²) in [5.74, 6) is -2.88. The third-order valence-corrected chi connectivity index (χ3v) is 5.97. The van der Waals surface area contributed by atoms with Gasteiger partial charge in [-0.3, -0.25) is 14.5 Å². The van der Waals surface area contributed by atoms with Crippen LogP contribution in [0.4, 0.5) is 14.5 Å². The number of halogens is 2. The molecule has 1 aromatic carbocycles. The number of anilines is 1. The molecule has 6 nitrogen and oxygen atoms in total. The second-order valence-corrected chi connectivity index (χ2v) is 7.74. The number of carbonyl (C=O) groups is 2. The van der Waals surface area contributed by atoms with Crippen molar-refractivity contribution in [1.29, 1.82) is 0 Å². The van der Waals surface area contributed by atoms with Gasteiger partial charge in [0, 0.05) is 43.7 Å². The summed E-state index contributed by atoms with van der Waals surface area (Å²) in [7, 11) is 0. The Kier molecular flexibility index (Phi) is 5.44. The van der Waals surface area contributed by atoms with E-state index in [2.05, 4.69) is 4.90 Å². The largest absolute Gasteiger partial charge is 0.395 e. The van der Waals surface area contributed by atoms with Gasteiger partial charge in [0.15, 0.2) is 0 Å². The van der Waals surface area contributed by atoms with Crippen LogP contribution in [0.3, 0.4) is 0 Å². The number of carbonyl (C=O) groups excluding carboxylic acids is 2. The lowest BCUT2D eigenvalue weighted by molar-refractivity contribution is -0.120. The van der Waals surface area contributed by atoms with Crippen LogP contribution in [0.15, 0.2) is 41.4 Å². The van der Waals surface area contributed by atoms with E-state index in [4.69, 9.17) is 5.11 Å². The highest BCUT2D eigenvalue weighted by Crippen LogP contribution is 2.37. The number of hydrogen-bond donors (Lipinski definition) is 1. The molecule has 0 unspecified atom stereocenters. The first-order chi connectivity index (χ1) is 14.0. The van der Waals surface area contributed by atoms with Gasteiger partial charge in [0.1, 0.15) is 17.3 Å². The Hall–Kier alpha value is -2.62. The van der Waals surface area contributed by atoms with Gasteiger partial charge in [-0.2, -0.15) is 0 Å². The fraction of sp³-hybridized carbons (Fsp3) is 0.300. The molecule has 0 aliphatic carbocycles. The van der Waals surface area contributed by atoms with Crippen molar-refractivity contribution in [2.24, 2.45) is 0 Å². The van der Waals surface area contributed by atoms with Crippen LogP contribution in [0, 0.1) is 11.6 Å². The summed E-state index contributed by atoms with van der Waals surface area (Å²) in [6.45, 7) is 2.81. The number of nitrogens with zero attached hydrogens (tertiary/aromatic N) is 3. The lowest BCUT2D eigenvalue weighted by atomic mass is 10.1. The Labute approximate surface area is 170 Å². The predicted octanol–water partition coefficient (Wildman–Crippen LogP) is 1.92. The average Bonchev–Trinajstić information content (AvgIpc) is 3.31. The molecule has 3 heterocycles. The van der Waals surface area contributed by atoms with Crippen LogP contribution in [0.25, 0.3) is 5.57 Å². The first-order valence-electron chi connectivity index (χ1n) is 9.21. The number of aliphatic hydroxyl groups is 1. The van der Waals surface area contributed by atoms with E-state index in [1.165, 1.54) is 11.3 Å². The molecule has 152 valence electrons. The van der Waals surface area contributed by atoms with Crippen molar-refractivity contribution in [3.8, 4) is 0 Å². The van der Waals surface area contributed by atoms with Crippen LogP contribution in [-0.2, 0) is 9.59 Å². The number of thiophene rings is 1. The summed E-state index contributed by atoms with van der Waals surface area (Å²) in [5.41, 5.74) is 0.0389. The van der Waals surface area contributed by atoms with Gasteiger partial charge in [0.05, 0.1) is 17.9 Å². The molecule has 0 saturated carbocycles. The Morgan fingerprint density at radius 1 is 1.03 bits per heavy atom. The molecule has 0 radical (unpaired) electrons. The molecule has 2 aliphatic heterocycles. The Morgan fingerprint density at radius 2 is 1.79 bits per heavy atom. The average molecular weight is 419 g/mol. The maximum absolute atomic E-state index is 14.4. The number of piperazine rings is 1. The molecule has 9 heteroatoms. The molecule has 2 aliphatic rings. The zero-order valence-electron chi connectivity index (χ0n) is 15.5. The van der Waals surface area contributed by atoms with Crippen LogP contribution in [0.5, 0.6) is 0 Å². The number of rotatable bonds is 5. The minimum atomic E-state index is -0.840. The smallest absolute Gasteiger partial charge is 0.282 e. The molecular formula is C20H19F2N3O3S. The number of β-amino-alcohol motifs (C(OH)–C–C–N with tert-alkyl or cyclic N) is 1. The number of benzene rings is 1. The predicted molar refractivity (Wildman–Crippen MR) is 105 cm³/mol. The molecule has 0 atom stereocenters. The van der Waals surface area contributed by atoms with E-state index in [0.29, 0.717) is 37.6 Å². The van der Waals surface area contributed by atoms with Crippen LogP contribution in [0.2, 0.25) is 0 Å². The highest BCUT2D eigenvalue weighted by molar-refractivity contribution is 7.11. The molecule has 29 heavy (non-hydrogen) atoms. The maximum atomic E-state index is 14.4. The SMILES string of the molecule is O=C1C(c2cccs2)=C(N2CCN(CCO)CC2)C(=O)N1c1cc(F)ccc1F. The van der Waals surface area contributed by atoms with E-state index in [0.717, 1.165) is 23.1 Å². The molecule has 2 amide bonds. The van der Waals surface area contributed by atoms with Crippen LogP contribution >= 0.6 is 11.3 Å². The van der Waals surface area contributed by atoms with E-state index < -0.39 is 23.4 Å².